The summed E-state index contributed by atoms with van der Waals surface area (Å²) in [5.74, 6) is -0.755. The molecule has 0 aromatic heterocycles. The minimum atomic E-state index is -3.37. The Bertz CT molecular complexity index is 726. The summed E-state index contributed by atoms with van der Waals surface area (Å²) in [7, 11) is -6.56. The quantitative estimate of drug-likeness (QED) is 0.742. The molecule has 0 fully saturated rings. The maximum Gasteiger partial charge on any atom is 0.241 e. The number of benzene rings is 1. The van der Waals surface area contributed by atoms with Crippen LogP contribution in [0.5, 0.6) is 0 Å². The van der Waals surface area contributed by atoms with Crippen molar-refractivity contribution in [2.24, 2.45) is 5.73 Å². The predicted molar refractivity (Wildman–Crippen MR) is 80.5 cm³/mol. The van der Waals surface area contributed by atoms with E-state index >= 15 is 0 Å². The van der Waals surface area contributed by atoms with Gasteiger partial charge in [0.2, 0.25) is 5.91 Å². The van der Waals surface area contributed by atoms with Gasteiger partial charge in [-0.2, -0.15) is 0 Å². The second-order valence-corrected chi connectivity index (χ2v) is 9.09. The average Bonchev–Trinajstić information content (AvgIpc) is 2.34. The highest BCUT2D eigenvalue weighted by molar-refractivity contribution is 7.91. The molecule has 0 saturated carbocycles. The number of hydrogen-bond acceptors (Lipinski definition) is 6. The molecule has 7 nitrogen and oxygen atoms in total. The monoisotopic (exact) mass is 334 g/mol. The van der Waals surface area contributed by atoms with Gasteiger partial charge in [-0.05, 0) is 24.6 Å². The first-order valence-corrected chi connectivity index (χ1v) is 9.98. The van der Waals surface area contributed by atoms with Gasteiger partial charge in [-0.15, -0.1) is 0 Å². The summed E-state index contributed by atoms with van der Waals surface area (Å²) in [6, 6.07) is 4.76. The molecular formula is C12H18N2O5S2. The molecule has 118 valence electrons. The summed E-state index contributed by atoms with van der Waals surface area (Å²) < 4.78 is 44.9. The van der Waals surface area contributed by atoms with E-state index in [4.69, 9.17) is 5.73 Å². The van der Waals surface area contributed by atoms with E-state index in [0.717, 1.165) is 12.5 Å². The minimum absolute atomic E-state index is 0.00354. The molecule has 1 atom stereocenters. The summed E-state index contributed by atoms with van der Waals surface area (Å²) in [6.45, 7) is 0. The maximum atomic E-state index is 11.8. The Kier molecular flexibility index (Phi) is 5.48. The van der Waals surface area contributed by atoms with Gasteiger partial charge in [-0.3, -0.25) is 4.79 Å². The van der Waals surface area contributed by atoms with Gasteiger partial charge in [0.15, 0.2) is 9.84 Å². The number of amides is 1. The lowest BCUT2D eigenvalue weighted by atomic mass is 10.2. The first-order chi connectivity index (χ1) is 9.49. The summed E-state index contributed by atoms with van der Waals surface area (Å²) >= 11 is 0. The number of nitrogens with two attached hydrogens (primary N) is 1. The third kappa shape index (κ3) is 6.23. The van der Waals surface area contributed by atoms with Crippen molar-refractivity contribution in [3.63, 3.8) is 0 Å². The molecule has 0 aliphatic heterocycles. The van der Waals surface area contributed by atoms with Gasteiger partial charge in [0.1, 0.15) is 9.84 Å². The van der Waals surface area contributed by atoms with Gasteiger partial charge in [-0.1, -0.05) is 6.07 Å². The van der Waals surface area contributed by atoms with Gasteiger partial charge in [0.25, 0.3) is 0 Å². The van der Waals surface area contributed by atoms with Gasteiger partial charge < -0.3 is 11.1 Å². The van der Waals surface area contributed by atoms with Crippen LogP contribution in [0, 0.1) is 0 Å². The van der Waals surface area contributed by atoms with Crippen LogP contribution in [0.25, 0.3) is 0 Å². The average molecular weight is 334 g/mol. The third-order valence-electron chi connectivity index (χ3n) is 2.67. The standard InChI is InChI=1S/C12H18N2O5S2/c1-20(16,17)7-6-11(13)12(15)14-9-4-3-5-10(8-9)21(2,18)19/h3-5,8,11H,6-7,13H2,1-2H3,(H,14,15). The molecule has 1 rings (SSSR count). The first kappa shape index (κ1) is 17.6. The highest BCUT2D eigenvalue weighted by Crippen LogP contribution is 2.15. The van der Waals surface area contributed by atoms with E-state index in [1.807, 2.05) is 0 Å². The van der Waals surface area contributed by atoms with Crippen LogP contribution in [0.3, 0.4) is 0 Å². The molecule has 21 heavy (non-hydrogen) atoms. The van der Waals surface area contributed by atoms with Crippen LogP contribution in [0.15, 0.2) is 29.2 Å². The van der Waals surface area contributed by atoms with E-state index in [9.17, 15) is 21.6 Å². The van der Waals surface area contributed by atoms with Crippen molar-refractivity contribution in [3.05, 3.63) is 24.3 Å². The van der Waals surface area contributed by atoms with Gasteiger partial charge in [0, 0.05) is 18.2 Å². The third-order valence-corrected chi connectivity index (χ3v) is 4.75. The molecule has 0 aliphatic carbocycles. The summed E-state index contributed by atoms with van der Waals surface area (Å²) in [5.41, 5.74) is 5.89. The van der Waals surface area contributed by atoms with Gasteiger partial charge in [-0.25, -0.2) is 16.8 Å². The molecule has 0 aliphatic rings. The van der Waals surface area contributed by atoms with Crippen LogP contribution in [-0.2, 0) is 24.5 Å². The topological polar surface area (TPSA) is 123 Å². The van der Waals surface area contributed by atoms with Crippen molar-refractivity contribution >= 4 is 31.3 Å². The van der Waals surface area contributed by atoms with E-state index < -0.39 is 31.6 Å². The van der Waals surface area contributed by atoms with Crippen molar-refractivity contribution < 1.29 is 21.6 Å². The number of nitrogens with one attached hydrogen (secondary N) is 1. The number of sulfone groups is 2. The van der Waals surface area contributed by atoms with E-state index in [-0.39, 0.29) is 22.8 Å². The smallest absolute Gasteiger partial charge is 0.241 e. The number of carbonyl (C=O) groups excluding carboxylic acids is 1. The van der Waals surface area contributed by atoms with Crippen molar-refractivity contribution in [1.29, 1.82) is 0 Å². The van der Waals surface area contributed by atoms with Crippen molar-refractivity contribution in [2.45, 2.75) is 17.4 Å². The molecule has 0 spiro atoms. The van der Waals surface area contributed by atoms with Crippen molar-refractivity contribution in [1.82, 2.24) is 0 Å². The molecule has 1 unspecified atom stereocenters. The largest absolute Gasteiger partial charge is 0.325 e. The maximum absolute atomic E-state index is 11.8. The van der Waals surface area contributed by atoms with Gasteiger partial charge >= 0.3 is 0 Å². The van der Waals surface area contributed by atoms with Crippen LogP contribution in [0.2, 0.25) is 0 Å². The Morgan fingerprint density at radius 1 is 1.24 bits per heavy atom. The molecular weight excluding hydrogens is 316 g/mol. The fourth-order valence-electron chi connectivity index (χ4n) is 1.51. The number of carbonyl (C=O) groups is 1. The van der Waals surface area contributed by atoms with Gasteiger partial charge in [0.05, 0.1) is 16.7 Å². The SMILES string of the molecule is CS(=O)(=O)CCC(N)C(=O)Nc1cccc(S(C)(=O)=O)c1. The zero-order valence-corrected chi connectivity index (χ0v) is 13.4. The molecule has 1 aromatic carbocycles. The van der Waals surface area contributed by atoms with Crippen LogP contribution in [-0.4, -0.2) is 47.0 Å². The Morgan fingerprint density at radius 2 is 1.86 bits per heavy atom. The second kappa shape index (κ2) is 6.54. The van der Waals surface area contributed by atoms with Crippen molar-refractivity contribution in [2.75, 3.05) is 23.6 Å². The molecule has 1 amide bonds. The molecule has 1 aromatic rings. The van der Waals surface area contributed by atoms with E-state index in [1.165, 1.54) is 24.3 Å². The Labute approximate surface area is 124 Å². The highest BCUT2D eigenvalue weighted by atomic mass is 32.2. The Balaban J connectivity index is 2.75. The molecule has 9 heteroatoms. The number of rotatable bonds is 6. The molecule has 3 N–H and O–H groups in total. The van der Waals surface area contributed by atoms with E-state index in [2.05, 4.69) is 5.32 Å². The fourth-order valence-corrected chi connectivity index (χ4v) is 2.86. The second-order valence-electron chi connectivity index (χ2n) is 4.81. The van der Waals surface area contributed by atoms with Crippen molar-refractivity contribution in [3.8, 4) is 0 Å². The van der Waals surface area contributed by atoms with E-state index in [1.54, 1.807) is 0 Å². The lowest BCUT2D eigenvalue weighted by Crippen LogP contribution is -2.37. The summed E-state index contributed by atoms with van der Waals surface area (Å²) in [6.07, 6.45) is 2.12. The van der Waals surface area contributed by atoms with Crippen LogP contribution >= 0.6 is 0 Å². The summed E-state index contributed by atoms with van der Waals surface area (Å²) in [5, 5.41) is 2.47. The zero-order valence-electron chi connectivity index (χ0n) is 11.7. The van der Waals surface area contributed by atoms with E-state index in [0.29, 0.717) is 0 Å². The minimum Gasteiger partial charge on any atom is -0.325 e. The molecule has 0 saturated heterocycles. The van der Waals surface area contributed by atoms with Crippen LogP contribution in [0.1, 0.15) is 6.42 Å². The lowest BCUT2D eigenvalue weighted by molar-refractivity contribution is -0.117. The molecule has 0 heterocycles. The highest BCUT2D eigenvalue weighted by Gasteiger charge is 2.17. The molecule has 0 radical (unpaired) electrons. The van der Waals surface area contributed by atoms with Crippen LogP contribution in [0.4, 0.5) is 5.69 Å². The zero-order chi connectivity index (χ0) is 16.3. The fraction of sp³-hybridized carbons (Fsp3) is 0.417. The lowest BCUT2D eigenvalue weighted by Gasteiger charge is -2.12. The Hall–Kier alpha value is -1.45. The molecule has 0 bridgehead atoms. The number of anilines is 1. The van der Waals surface area contributed by atoms with Crippen LogP contribution < -0.4 is 11.1 Å². The summed E-state index contributed by atoms with van der Waals surface area (Å²) in [4.78, 5) is 11.9. The predicted octanol–water partition coefficient (Wildman–Crippen LogP) is -0.209. The Morgan fingerprint density at radius 3 is 2.38 bits per heavy atom. The number of hydrogen-bond donors (Lipinski definition) is 2. The first-order valence-electron chi connectivity index (χ1n) is 6.03. The normalized spacial score (nSPS) is 13.7.